The molecule has 2 aromatic heterocycles. The Labute approximate surface area is 191 Å². The van der Waals surface area contributed by atoms with Gasteiger partial charge in [-0.05, 0) is 60.9 Å². The molecule has 1 N–H and O–H groups in total. The second kappa shape index (κ2) is 9.66. The molecule has 0 bridgehead atoms. The molecule has 0 saturated carbocycles. The highest BCUT2D eigenvalue weighted by atomic mass is 32.1. The molecule has 2 aromatic carbocycles. The molecule has 2 heterocycles. The number of hydrogen-bond donors (Lipinski definition) is 1. The van der Waals surface area contributed by atoms with Gasteiger partial charge in [-0.15, -0.1) is 11.3 Å². The van der Waals surface area contributed by atoms with Gasteiger partial charge >= 0.3 is 5.97 Å². The number of carbonyl (C=O) groups is 2. The third-order valence-electron chi connectivity index (χ3n) is 5.20. The molecular weight excluding hydrogens is 420 g/mol. The number of amides is 1. The van der Waals surface area contributed by atoms with Crippen molar-refractivity contribution in [2.75, 3.05) is 11.9 Å². The fourth-order valence-corrected chi connectivity index (χ4v) is 4.41. The van der Waals surface area contributed by atoms with Gasteiger partial charge in [0.1, 0.15) is 10.6 Å². The Morgan fingerprint density at radius 3 is 2.28 bits per heavy atom. The Hall–Kier alpha value is -3.64. The van der Waals surface area contributed by atoms with Gasteiger partial charge in [0.15, 0.2) is 0 Å². The number of thiophene rings is 1. The van der Waals surface area contributed by atoms with Crippen LogP contribution in [0.4, 0.5) is 5.00 Å². The van der Waals surface area contributed by atoms with Gasteiger partial charge in [0.2, 0.25) is 0 Å². The number of esters is 1. The smallest absolute Gasteiger partial charge is 0.341 e. The standard InChI is InChI=1S/C26H24N2O3S/c1-3-18-7-9-19(10-8-18)22-17-32-25(23(22)26(30)31-4-2)27-24(29)20-11-13-21(14-12-20)28-15-5-6-16-28/h5-17H,3-4H2,1-2H3,(H,27,29). The van der Waals surface area contributed by atoms with Gasteiger partial charge < -0.3 is 14.6 Å². The first-order valence-corrected chi connectivity index (χ1v) is 11.4. The summed E-state index contributed by atoms with van der Waals surface area (Å²) in [6.45, 7) is 4.13. The van der Waals surface area contributed by atoms with Gasteiger partial charge in [0.05, 0.1) is 6.61 Å². The Bertz CT molecular complexity index is 1210. The molecule has 4 rings (SSSR count). The van der Waals surface area contributed by atoms with Crippen LogP contribution in [0.5, 0.6) is 0 Å². The van der Waals surface area contributed by atoms with Crippen LogP contribution in [0.2, 0.25) is 0 Å². The number of aromatic nitrogens is 1. The van der Waals surface area contributed by atoms with E-state index >= 15 is 0 Å². The van der Waals surface area contributed by atoms with Crippen molar-refractivity contribution in [3.63, 3.8) is 0 Å². The lowest BCUT2D eigenvalue weighted by molar-refractivity contribution is 0.0529. The molecule has 0 atom stereocenters. The predicted molar refractivity (Wildman–Crippen MR) is 129 cm³/mol. The average Bonchev–Trinajstić information content (AvgIpc) is 3.50. The van der Waals surface area contributed by atoms with Gasteiger partial charge in [-0.1, -0.05) is 31.2 Å². The first-order chi connectivity index (χ1) is 15.6. The lowest BCUT2D eigenvalue weighted by Gasteiger charge is -2.10. The molecule has 0 fully saturated rings. The highest BCUT2D eigenvalue weighted by Gasteiger charge is 2.23. The zero-order chi connectivity index (χ0) is 22.5. The van der Waals surface area contributed by atoms with Crippen molar-refractivity contribution in [2.45, 2.75) is 20.3 Å². The summed E-state index contributed by atoms with van der Waals surface area (Å²) in [5, 5.41) is 5.28. The quantitative estimate of drug-likeness (QED) is 0.345. The van der Waals surface area contributed by atoms with E-state index in [2.05, 4.69) is 12.2 Å². The van der Waals surface area contributed by atoms with E-state index in [1.165, 1.54) is 16.9 Å². The fourth-order valence-electron chi connectivity index (χ4n) is 3.46. The maximum absolute atomic E-state index is 12.9. The summed E-state index contributed by atoms with van der Waals surface area (Å²) >= 11 is 1.32. The van der Waals surface area contributed by atoms with E-state index in [-0.39, 0.29) is 12.5 Å². The van der Waals surface area contributed by atoms with Crippen molar-refractivity contribution in [2.24, 2.45) is 0 Å². The fraction of sp³-hybridized carbons (Fsp3) is 0.154. The topological polar surface area (TPSA) is 60.3 Å². The molecule has 4 aromatic rings. The molecule has 0 aliphatic heterocycles. The highest BCUT2D eigenvalue weighted by Crippen LogP contribution is 2.36. The van der Waals surface area contributed by atoms with Crippen LogP contribution in [-0.4, -0.2) is 23.1 Å². The summed E-state index contributed by atoms with van der Waals surface area (Å²) in [5.74, 6) is -0.717. The van der Waals surface area contributed by atoms with E-state index in [9.17, 15) is 9.59 Å². The number of ether oxygens (including phenoxy) is 1. The van der Waals surface area contributed by atoms with Gasteiger partial charge in [-0.2, -0.15) is 0 Å². The number of nitrogens with one attached hydrogen (secondary N) is 1. The second-order valence-corrected chi connectivity index (χ2v) is 8.10. The maximum Gasteiger partial charge on any atom is 0.341 e. The molecule has 0 unspecified atom stereocenters. The summed E-state index contributed by atoms with van der Waals surface area (Å²) < 4.78 is 7.26. The van der Waals surface area contributed by atoms with Crippen LogP contribution in [-0.2, 0) is 11.2 Å². The van der Waals surface area contributed by atoms with Crippen LogP contribution >= 0.6 is 11.3 Å². The zero-order valence-electron chi connectivity index (χ0n) is 18.0. The zero-order valence-corrected chi connectivity index (χ0v) is 18.8. The Morgan fingerprint density at radius 2 is 1.66 bits per heavy atom. The Kier molecular flexibility index (Phi) is 6.52. The highest BCUT2D eigenvalue weighted by molar-refractivity contribution is 7.15. The van der Waals surface area contributed by atoms with E-state index in [1.54, 1.807) is 19.1 Å². The maximum atomic E-state index is 12.9. The third kappa shape index (κ3) is 4.50. The van der Waals surface area contributed by atoms with Gasteiger partial charge in [-0.25, -0.2) is 4.79 Å². The normalized spacial score (nSPS) is 10.7. The molecule has 1 amide bonds. The summed E-state index contributed by atoms with van der Waals surface area (Å²) in [6.07, 6.45) is 4.83. The summed E-state index contributed by atoms with van der Waals surface area (Å²) in [7, 11) is 0. The molecule has 0 saturated heterocycles. The third-order valence-corrected chi connectivity index (χ3v) is 6.10. The number of hydrogen-bond acceptors (Lipinski definition) is 4. The van der Waals surface area contributed by atoms with Crippen LogP contribution in [0.3, 0.4) is 0 Å². The molecule has 0 aliphatic carbocycles. The molecule has 5 nitrogen and oxygen atoms in total. The predicted octanol–water partition coefficient (Wildman–Crippen LogP) is 6.20. The number of aryl methyl sites for hydroxylation is 1. The Morgan fingerprint density at radius 1 is 0.969 bits per heavy atom. The van der Waals surface area contributed by atoms with E-state index in [0.29, 0.717) is 16.1 Å². The first kappa shape index (κ1) is 21.6. The summed E-state index contributed by atoms with van der Waals surface area (Å²) in [4.78, 5) is 25.7. The molecule has 162 valence electrons. The molecular formula is C26H24N2O3S. The van der Waals surface area contributed by atoms with Gasteiger partial charge in [0, 0.05) is 34.6 Å². The molecule has 32 heavy (non-hydrogen) atoms. The van der Waals surface area contributed by atoms with Gasteiger partial charge in [0.25, 0.3) is 5.91 Å². The van der Waals surface area contributed by atoms with Crippen LogP contribution in [0.1, 0.15) is 40.1 Å². The van der Waals surface area contributed by atoms with Crippen molar-refractivity contribution in [3.05, 3.63) is 95.1 Å². The molecule has 0 aliphatic rings. The van der Waals surface area contributed by atoms with E-state index < -0.39 is 5.97 Å². The minimum atomic E-state index is -0.443. The lowest BCUT2D eigenvalue weighted by atomic mass is 10.0. The van der Waals surface area contributed by atoms with Crippen molar-refractivity contribution in [1.29, 1.82) is 0 Å². The van der Waals surface area contributed by atoms with Crippen molar-refractivity contribution >= 4 is 28.2 Å². The second-order valence-electron chi connectivity index (χ2n) is 7.22. The monoisotopic (exact) mass is 444 g/mol. The number of anilines is 1. The summed E-state index contributed by atoms with van der Waals surface area (Å²) in [6, 6.07) is 19.3. The number of benzene rings is 2. The molecule has 0 radical (unpaired) electrons. The largest absolute Gasteiger partial charge is 0.462 e. The SMILES string of the molecule is CCOC(=O)c1c(-c2ccc(CC)cc2)csc1NC(=O)c1ccc(-n2cccc2)cc1. The average molecular weight is 445 g/mol. The first-order valence-electron chi connectivity index (χ1n) is 10.5. The van der Waals surface area contributed by atoms with Crippen LogP contribution in [0.15, 0.2) is 78.4 Å². The number of nitrogens with zero attached hydrogens (tertiary/aromatic N) is 1. The van der Waals surface area contributed by atoms with Crippen molar-refractivity contribution < 1.29 is 14.3 Å². The van der Waals surface area contributed by atoms with Gasteiger partial charge in [-0.3, -0.25) is 4.79 Å². The summed E-state index contributed by atoms with van der Waals surface area (Å²) in [5.41, 5.74) is 4.76. The van der Waals surface area contributed by atoms with E-state index in [1.807, 2.05) is 70.9 Å². The van der Waals surface area contributed by atoms with Crippen LogP contribution < -0.4 is 5.32 Å². The lowest BCUT2D eigenvalue weighted by Crippen LogP contribution is -2.15. The molecule has 0 spiro atoms. The molecule has 6 heteroatoms. The van der Waals surface area contributed by atoms with E-state index in [4.69, 9.17) is 4.74 Å². The van der Waals surface area contributed by atoms with Crippen molar-refractivity contribution in [3.8, 4) is 16.8 Å². The van der Waals surface area contributed by atoms with Crippen LogP contribution in [0, 0.1) is 0 Å². The Balaban J connectivity index is 1.61. The number of carbonyl (C=O) groups excluding carboxylic acids is 2. The minimum Gasteiger partial charge on any atom is -0.462 e. The van der Waals surface area contributed by atoms with Crippen LogP contribution in [0.25, 0.3) is 16.8 Å². The number of rotatable bonds is 7. The van der Waals surface area contributed by atoms with Crippen molar-refractivity contribution in [1.82, 2.24) is 4.57 Å². The van der Waals surface area contributed by atoms with E-state index in [0.717, 1.165) is 23.2 Å². The minimum absolute atomic E-state index is 0.261.